The van der Waals surface area contributed by atoms with E-state index in [0.29, 0.717) is 0 Å². The molecule has 2 heterocycles. The van der Waals surface area contributed by atoms with Crippen LogP contribution in [0.1, 0.15) is 19.4 Å². The Morgan fingerprint density at radius 2 is 1.80 bits per heavy atom. The average Bonchev–Trinajstić information content (AvgIpc) is 2.91. The zero-order valence-electron chi connectivity index (χ0n) is 12.0. The SMILES string of the molecule is CO[C@@H]1O[C@H](/C=C/c2ccccc2)[C@H]2OC(C)(C)O[C@@H]12. The molecule has 2 saturated heterocycles. The van der Waals surface area contributed by atoms with Crippen LogP contribution < -0.4 is 0 Å². The fraction of sp³-hybridized carbons (Fsp3) is 0.500. The van der Waals surface area contributed by atoms with Gasteiger partial charge in [-0.15, -0.1) is 0 Å². The van der Waals surface area contributed by atoms with E-state index >= 15 is 0 Å². The summed E-state index contributed by atoms with van der Waals surface area (Å²) in [5.74, 6) is -0.589. The maximum Gasteiger partial charge on any atom is 0.187 e. The highest BCUT2D eigenvalue weighted by Gasteiger charge is 2.54. The van der Waals surface area contributed by atoms with E-state index in [1.807, 2.05) is 56.3 Å². The molecular formula is C16H20O4. The zero-order chi connectivity index (χ0) is 14.2. The molecule has 2 aliphatic rings. The molecule has 0 bridgehead atoms. The maximum atomic E-state index is 5.93. The first-order valence-electron chi connectivity index (χ1n) is 6.86. The Morgan fingerprint density at radius 3 is 2.50 bits per heavy atom. The van der Waals surface area contributed by atoms with Crippen LogP contribution in [0.2, 0.25) is 0 Å². The molecule has 1 aromatic rings. The van der Waals surface area contributed by atoms with E-state index in [2.05, 4.69) is 0 Å². The van der Waals surface area contributed by atoms with E-state index in [4.69, 9.17) is 18.9 Å². The average molecular weight is 276 g/mol. The number of rotatable bonds is 3. The lowest BCUT2D eigenvalue weighted by Gasteiger charge is -2.22. The van der Waals surface area contributed by atoms with Crippen molar-refractivity contribution in [3.05, 3.63) is 42.0 Å². The highest BCUT2D eigenvalue weighted by molar-refractivity contribution is 5.49. The fourth-order valence-electron chi connectivity index (χ4n) is 2.71. The molecule has 2 fully saturated rings. The summed E-state index contributed by atoms with van der Waals surface area (Å²) < 4.78 is 23.0. The summed E-state index contributed by atoms with van der Waals surface area (Å²) in [6.45, 7) is 3.83. The van der Waals surface area contributed by atoms with Crippen molar-refractivity contribution in [3.63, 3.8) is 0 Å². The first-order chi connectivity index (χ1) is 9.59. The van der Waals surface area contributed by atoms with Gasteiger partial charge in [0.2, 0.25) is 0 Å². The highest BCUT2D eigenvalue weighted by atomic mass is 16.8. The summed E-state index contributed by atoms with van der Waals surface area (Å²) in [5.41, 5.74) is 1.13. The van der Waals surface area contributed by atoms with Crippen molar-refractivity contribution in [2.45, 2.75) is 44.2 Å². The molecule has 2 aliphatic heterocycles. The van der Waals surface area contributed by atoms with Gasteiger partial charge in [0.15, 0.2) is 12.1 Å². The monoisotopic (exact) mass is 276 g/mol. The second kappa shape index (κ2) is 5.30. The van der Waals surface area contributed by atoms with E-state index in [0.717, 1.165) is 5.56 Å². The molecule has 0 radical (unpaired) electrons. The molecule has 0 unspecified atom stereocenters. The minimum atomic E-state index is -0.589. The standard InChI is InChI=1S/C16H20O4/c1-16(2)19-13-12(18-15(17-3)14(13)20-16)10-9-11-7-5-4-6-8-11/h4-10,12-15H,1-3H3/b10-9+/t12-,13-,14-,15-/m1/s1. The normalized spacial score (nSPS) is 35.5. The summed E-state index contributed by atoms with van der Waals surface area (Å²) in [5, 5.41) is 0. The molecule has 1 aromatic carbocycles. The number of hydrogen-bond acceptors (Lipinski definition) is 4. The van der Waals surface area contributed by atoms with E-state index in [9.17, 15) is 0 Å². The molecule has 0 spiro atoms. The topological polar surface area (TPSA) is 36.9 Å². The van der Waals surface area contributed by atoms with Gasteiger partial charge >= 0.3 is 0 Å². The zero-order valence-corrected chi connectivity index (χ0v) is 12.0. The van der Waals surface area contributed by atoms with Gasteiger partial charge in [0, 0.05) is 7.11 Å². The van der Waals surface area contributed by atoms with Crippen LogP contribution in [0.4, 0.5) is 0 Å². The Hall–Kier alpha value is -1.20. The Morgan fingerprint density at radius 1 is 1.10 bits per heavy atom. The molecular weight excluding hydrogens is 256 g/mol. The van der Waals surface area contributed by atoms with Gasteiger partial charge in [-0.1, -0.05) is 42.5 Å². The van der Waals surface area contributed by atoms with Crippen LogP contribution in [0.5, 0.6) is 0 Å². The molecule has 4 heteroatoms. The van der Waals surface area contributed by atoms with Crippen LogP contribution in [-0.2, 0) is 18.9 Å². The second-order valence-corrected chi connectivity index (χ2v) is 5.54. The van der Waals surface area contributed by atoms with Crippen LogP contribution in [0.3, 0.4) is 0 Å². The van der Waals surface area contributed by atoms with Gasteiger partial charge < -0.3 is 18.9 Å². The van der Waals surface area contributed by atoms with Gasteiger partial charge in [0.25, 0.3) is 0 Å². The quantitative estimate of drug-likeness (QED) is 0.850. The van der Waals surface area contributed by atoms with Crippen molar-refractivity contribution >= 4 is 6.08 Å². The predicted octanol–water partition coefficient (Wildman–Crippen LogP) is 2.59. The number of hydrogen-bond donors (Lipinski definition) is 0. The van der Waals surface area contributed by atoms with Crippen molar-refractivity contribution in [2.24, 2.45) is 0 Å². The van der Waals surface area contributed by atoms with Crippen molar-refractivity contribution in [1.29, 1.82) is 0 Å². The largest absolute Gasteiger partial charge is 0.353 e. The minimum absolute atomic E-state index is 0.130. The molecule has 0 aliphatic carbocycles. The third-order valence-corrected chi connectivity index (χ3v) is 3.56. The molecule has 3 rings (SSSR count). The fourth-order valence-corrected chi connectivity index (χ4v) is 2.71. The summed E-state index contributed by atoms with van der Waals surface area (Å²) >= 11 is 0. The molecule has 4 nitrogen and oxygen atoms in total. The lowest BCUT2D eigenvalue weighted by Crippen LogP contribution is -2.30. The van der Waals surface area contributed by atoms with Crippen LogP contribution >= 0.6 is 0 Å². The highest BCUT2D eigenvalue weighted by Crippen LogP contribution is 2.39. The summed E-state index contributed by atoms with van der Waals surface area (Å²) in [7, 11) is 1.62. The molecule has 0 amide bonds. The first kappa shape index (κ1) is 13.8. The summed E-state index contributed by atoms with van der Waals surface area (Å²) in [6, 6.07) is 10.1. The number of methoxy groups -OCH3 is 1. The van der Waals surface area contributed by atoms with Gasteiger partial charge in [0.05, 0.1) is 0 Å². The Bertz CT molecular complexity index is 483. The second-order valence-electron chi connectivity index (χ2n) is 5.54. The first-order valence-corrected chi connectivity index (χ1v) is 6.86. The van der Waals surface area contributed by atoms with Crippen molar-refractivity contribution in [2.75, 3.05) is 7.11 Å². The third kappa shape index (κ3) is 2.65. The Kier molecular flexibility index (Phi) is 3.65. The molecule has 108 valence electrons. The molecule has 20 heavy (non-hydrogen) atoms. The van der Waals surface area contributed by atoms with E-state index in [1.54, 1.807) is 7.11 Å². The third-order valence-electron chi connectivity index (χ3n) is 3.56. The van der Waals surface area contributed by atoms with Crippen LogP contribution in [0, 0.1) is 0 Å². The summed E-state index contributed by atoms with van der Waals surface area (Å²) in [6.07, 6.45) is 3.19. The lowest BCUT2D eigenvalue weighted by molar-refractivity contribution is -0.221. The smallest absolute Gasteiger partial charge is 0.187 e. The van der Waals surface area contributed by atoms with Crippen LogP contribution in [0.15, 0.2) is 36.4 Å². The van der Waals surface area contributed by atoms with Gasteiger partial charge in [0.1, 0.15) is 18.3 Å². The van der Waals surface area contributed by atoms with Gasteiger partial charge in [-0.2, -0.15) is 0 Å². The van der Waals surface area contributed by atoms with E-state index in [-0.39, 0.29) is 24.6 Å². The minimum Gasteiger partial charge on any atom is -0.353 e. The van der Waals surface area contributed by atoms with Crippen molar-refractivity contribution in [3.8, 4) is 0 Å². The maximum absolute atomic E-state index is 5.93. The molecule has 0 saturated carbocycles. The molecule has 0 N–H and O–H groups in total. The van der Waals surface area contributed by atoms with Gasteiger partial charge in [-0.3, -0.25) is 0 Å². The molecule has 4 atom stereocenters. The van der Waals surface area contributed by atoms with E-state index < -0.39 is 5.79 Å². The van der Waals surface area contributed by atoms with Crippen molar-refractivity contribution < 1.29 is 18.9 Å². The Labute approximate surface area is 119 Å². The summed E-state index contributed by atoms with van der Waals surface area (Å²) in [4.78, 5) is 0. The van der Waals surface area contributed by atoms with Crippen molar-refractivity contribution in [1.82, 2.24) is 0 Å². The molecule has 0 aromatic heterocycles. The van der Waals surface area contributed by atoms with Gasteiger partial charge in [-0.05, 0) is 19.4 Å². The van der Waals surface area contributed by atoms with Crippen LogP contribution in [0.25, 0.3) is 6.08 Å². The number of fused-ring (bicyclic) bond motifs is 1. The number of ether oxygens (including phenoxy) is 4. The van der Waals surface area contributed by atoms with E-state index in [1.165, 1.54) is 0 Å². The predicted molar refractivity (Wildman–Crippen MR) is 75.0 cm³/mol. The lowest BCUT2D eigenvalue weighted by atomic mass is 10.1. The number of benzene rings is 1. The van der Waals surface area contributed by atoms with Gasteiger partial charge in [-0.25, -0.2) is 0 Å². The Balaban J connectivity index is 1.75. The van der Waals surface area contributed by atoms with Crippen LogP contribution in [-0.4, -0.2) is 37.5 Å².